The molecule has 1 aromatic rings. The van der Waals surface area contributed by atoms with Gasteiger partial charge in [-0.3, -0.25) is 4.79 Å². The molecule has 0 heterocycles. The highest BCUT2D eigenvalue weighted by atomic mass is 16.5. The number of hydrogen-bond donors (Lipinski definition) is 1. The zero-order valence-corrected chi connectivity index (χ0v) is 19.1. The highest BCUT2D eigenvalue weighted by Crippen LogP contribution is 2.69. The molecule has 0 aromatic heterocycles. The Morgan fingerprint density at radius 1 is 1.17 bits per heavy atom. The quantitative estimate of drug-likeness (QED) is 0.487. The third kappa shape index (κ3) is 4.08. The number of carbonyl (C=O) groups excluding carboxylic acids is 1. The first-order valence-electron chi connectivity index (χ1n) is 11.4. The minimum absolute atomic E-state index is 0.0759. The molecule has 4 saturated carbocycles. The molecule has 4 aliphatic carbocycles. The molecule has 5 rings (SSSR count). The fourth-order valence-corrected chi connectivity index (χ4v) is 7.21. The number of nitrogens with one attached hydrogen (secondary N) is 1. The number of hydrogen-bond acceptors (Lipinski definition) is 4. The average Bonchev–Trinajstić information content (AvgIpc) is 2.60. The first-order chi connectivity index (χ1) is 14.1. The SMILES string of the molecule is CCOc1cc(/C=N/NC(=O)C23CC4CC(C)(CC(C)(C4)C2)C3)ccc1OC(C)C. The van der Waals surface area contributed by atoms with E-state index in [-0.39, 0.29) is 17.4 Å². The molecule has 5 heteroatoms. The van der Waals surface area contributed by atoms with Crippen molar-refractivity contribution in [1.29, 1.82) is 0 Å². The van der Waals surface area contributed by atoms with Crippen LogP contribution in [0.4, 0.5) is 0 Å². The first-order valence-corrected chi connectivity index (χ1v) is 11.4. The molecule has 0 saturated heterocycles. The summed E-state index contributed by atoms with van der Waals surface area (Å²) in [7, 11) is 0. The Balaban J connectivity index is 1.46. The minimum atomic E-state index is -0.244. The number of rotatable bonds is 7. The summed E-state index contributed by atoms with van der Waals surface area (Å²) in [6.45, 7) is 11.3. The van der Waals surface area contributed by atoms with Gasteiger partial charge in [-0.05, 0) is 99.8 Å². The standard InChI is InChI=1S/C25H36N2O3/c1-6-29-21-9-18(7-8-20(21)30-17(2)3)13-26-27-22(28)25-12-19-10-23(4,15-25)14-24(5,11-19)16-25/h7-9,13,17,19H,6,10-12,14-16H2,1-5H3,(H,27,28)/b26-13+. The second-order valence-electron chi connectivity index (χ2n) is 10.9. The third-order valence-electron chi connectivity index (χ3n) is 7.12. The lowest BCUT2D eigenvalue weighted by Crippen LogP contribution is -2.59. The summed E-state index contributed by atoms with van der Waals surface area (Å²) in [5.41, 5.74) is 4.14. The predicted molar refractivity (Wildman–Crippen MR) is 119 cm³/mol. The first kappa shape index (κ1) is 21.2. The molecular formula is C25H36N2O3. The fraction of sp³-hybridized carbons (Fsp3) is 0.680. The van der Waals surface area contributed by atoms with Crippen LogP contribution in [0.1, 0.15) is 78.7 Å². The summed E-state index contributed by atoms with van der Waals surface area (Å²) >= 11 is 0. The molecule has 164 valence electrons. The molecule has 0 spiro atoms. The van der Waals surface area contributed by atoms with Crippen molar-refractivity contribution in [2.45, 2.75) is 79.2 Å². The van der Waals surface area contributed by atoms with Gasteiger partial charge in [0.2, 0.25) is 5.91 Å². The van der Waals surface area contributed by atoms with Crippen molar-refractivity contribution < 1.29 is 14.3 Å². The van der Waals surface area contributed by atoms with E-state index in [0.717, 1.165) is 30.6 Å². The van der Waals surface area contributed by atoms with Crippen LogP contribution in [0.3, 0.4) is 0 Å². The molecule has 2 atom stereocenters. The maximum absolute atomic E-state index is 13.2. The van der Waals surface area contributed by atoms with E-state index < -0.39 is 0 Å². The Morgan fingerprint density at radius 3 is 2.47 bits per heavy atom. The van der Waals surface area contributed by atoms with Gasteiger partial charge in [-0.25, -0.2) is 5.43 Å². The van der Waals surface area contributed by atoms with Crippen LogP contribution in [0.2, 0.25) is 0 Å². The van der Waals surface area contributed by atoms with Crippen molar-refractivity contribution in [3.8, 4) is 11.5 Å². The third-order valence-corrected chi connectivity index (χ3v) is 7.12. The van der Waals surface area contributed by atoms with Gasteiger partial charge in [-0.2, -0.15) is 5.10 Å². The molecule has 30 heavy (non-hydrogen) atoms. The molecule has 1 amide bonds. The zero-order valence-electron chi connectivity index (χ0n) is 19.1. The number of nitrogens with zero attached hydrogens (tertiary/aromatic N) is 1. The van der Waals surface area contributed by atoms with E-state index in [1.165, 1.54) is 19.3 Å². The maximum atomic E-state index is 13.2. The van der Waals surface area contributed by atoms with Crippen molar-refractivity contribution in [1.82, 2.24) is 5.43 Å². The Bertz CT molecular complexity index is 829. The largest absolute Gasteiger partial charge is 0.490 e. The van der Waals surface area contributed by atoms with Crippen LogP contribution in [0.5, 0.6) is 11.5 Å². The number of benzene rings is 1. The summed E-state index contributed by atoms with van der Waals surface area (Å²) in [4.78, 5) is 13.2. The van der Waals surface area contributed by atoms with E-state index in [0.29, 0.717) is 29.1 Å². The van der Waals surface area contributed by atoms with Gasteiger partial charge in [-0.15, -0.1) is 0 Å². The molecule has 4 bridgehead atoms. The topological polar surface area (TPSA) is 59.9 Å². The molecule has 0 radical (unpaired) electrons. The Kier molecular flexibility index (Phi) is 5.36. The Labute approximate surface area is 180 Å². The minimum Gasteiger partial charge on any atom is -0.490 e. The molecule has 1 N–H and O–H groups in total. The molecule has 1 aromatic carbocycles. The second kappa shape index (κ2) is 7.58. The van der Waals surface area contributed by atoms with E-state index in [4.69, 9.17) is 9.47 Å². The van der Waals surface area contributed by atoms with Gasteiger partial charge in [0.1, 0.15) is 0 Å². The molecule has 2 unspecified atom stereocenters. The molecule has 4 fully saturated rings. The highest BCUT2D eigenvalue weighted by Gasteiger charge is 2.62. The van der Waals surface area contributed by atoms with E-state index in [2.05, 4.69) is 24.4 Å². The number of carbonyl (C=O) groups is 1. The van der Waals surface area contributed by atoms with E-state index >= 15 is 0 Å². The smallest absolute Gasteiger partial charge is 0.246 e. The van der Waals surface area contributed by atoms with Crippen molar-refractivity contribution >= 4 is 12.1 Å². The summed E-state index contributed by atoms with van der Waals surface area (Å²) < 4.78 is 11.5. The lowest BCUT2D eigenvalue weighted by Gasteiger charge is -2.64. The van der Waals surface area contributed by atoms with Gasteiger partial charge in [-0.1, -0.05) is 13.8 Å². The summed E-state index contributed by atoms with van der Waals surface area (Å²) in [5.74, 6) is 2.21. The summed E-state index contributed by atoms with van der Waals surface area (Å²) in [6, 6.07) is 5.74. The van der Waals surface area contributed by atoms with E-state index in [1.54, 1.807) is 6.21 Å². The monoisotopic (exact) mass is 412 g/mol. The van der Waals surface area contributed by atoms with E-state index in [1.807, 2.05) is 39.0 Å². The van der Waals surface area contributed by atoms with Gasteiger partial charge in [0.25, 0.3) is 0 Å². The second-order valence-corrected chi connectivity index (χ2v) is 10.9. The summed E-state index contributed by atoms with van der Waals surface area (Å²) in [6.07, 6.45) is 8.63. The molecular weight excluding hydrogens is 376 g/mol. The van der Waals surface area contributed by atoms with E-state index in [9.17, 15) is 4.79 Å². The van der Waals surface area contributed by atoms with Gasteiger partial charge in [0.15, 0.2) is 11.5 Å². The van der Waals surface area contributed by atoms with Crippen LogP contribution in [0.25, 0.3) is 0 Å². The number of hydrazone groups is 1. The van der Waals surface area contributed by atoms with Crippen LogP contribution >= 0.6 is 0 Å². The van der Waals surface area contributed by atoms with Crippen LogP contribution in [0, 0.1) is 22.2 Å². The number of ether oxygens (including phenoxy) is 2. The average molecular weight is 413 g/mol. The van der Waals surface area contributed by atoms with Gasteiger partial charge in [0.05, 0.1) is 24.3 Å². The van der Waals surface area contributed by atoms with Crippen molar-refractivity contribution in [2.75, 3.05) is 6.61 Å². The van der Waals surface area contributed by atoms with Crippen molar-refractivity contribution in [3.63, 3.8) is 0 Å². The molecule has 5 nitrogen and oxygen atoms in total. The van der Waals surface area contributed by atoms with Crippen molar-refractivity contribution in [3.05, 3.63) is 23.8 Å². The normalized spacial score (nSPS) is 34.5. The van der Waals surface area contributed by atoms with Gasteiger partial charge < -0.3 is 9.47 Å². The van der Waals surface area contributed by atoms with Crippen LogP contribution in [-0.2, 0) is 4.79 Å². The predicted octanol–water partition coefficient (Wildman–Crippen LogP) is 5.32. The van der Waals surface area contributed by atoms with Crippen LogP contribution in [-0.4, -0.2) is 24.8 Å². The number of amides is 1. The Morgan fingerprint density at radius 2 is 1.87 bits per heavy atom. The lowest BCUT2D eigenvalue weighted by molar-refractivity contribution is -0.170. The zero-order chi connectivity index (χ0) is 21.6. The summed E-state index contributed by atoms with van der Waals surface area (Å²) in [5, 5.41) is 4.32. The van der Waals surface area contributed by atoms with Crippen molar-refractivity contribution in [2.24, 2.45) is 27.3 Å². The highest BCUT2D eigenvalue weighted by molar-refractivity contribution is 5.86. The fourth-order valence-electron chi connectivity index (χ4n) is 7.21. The van der Waals surface area contributed by atoms with Crippen LogP contribution < -0.4 is 14.9 Å². The lowest BCUT2D eigenvalue weighted by atomic mass is 9.40. The Hall–Kier alpha value is -2.04. The van der Waals surface area contributed by atoms with Gasteiger partial charge >= 0.3 is 0 Å². The maximum Gasteiger partial charge on any atom is 0.246 e. The van der Waals surface area contributed by atoms with Gasteiger partial charge in [0, 0.05) is 0 Å². The van der Waals surface area contributed by atoms with Crippen LogP contribution in [0.15, 0.2) is 23.3 Å². The molecule has 4 aliphatic rings. The molecule has 0 aliphatic heterocycles.